The number of rotatable bonds is 6. The number of ether oxygens (including phenoxy) is 1. The zero-order valence-corrected chi connectivity index (χ0v) is 15.9. The molecule has 0 saturated carbocycles. The largest absolute Gasteiger partial charge is 0.360 e. The Morgan fingerprint density at radius 3 is 2.71 bits per heavy atom. The number of fused-ring (bicyclic) bond motifs is 1. The van der Waals surface area contributed by atoms with Crippen molar-refractivity contribution >= 4 is 32.7 Å². The van der Waals surface area contributed by atoms with Crippen molar-refractivity contribution in [2.45, 2.75) is 6.73 Å². The highest BCUT2D eigenvalue weighted by molar-refractivity contribution is 8.32. The Labute approximate surface area is 148 Å². The van der Waals surface area contributed by atoms with E-state index in [0.29, 0.717) is 6.73 Å². The van der Waals surface area contributed by atoms with E-state index in [-0.39, 0.29) is 5.28 Å². The molecule has 3 rings (SSSR count). The van der Waals surface area contributed by atoms with Crippen molar-refractivity contribution in [3.8, 4) is 11.3 Å². The van der Waals surface area contributed by atoms with Gasteiger partial charge in [0, 0.05) is 36.1 Å². The molecule has 8 heteroatoms. The van der Waals surface area contributed by atoms with Crippen LogP contribution in [-0.4, -0.2) is 55.4 Å². The summed E-state index contributed by atoms with van der Waals surface area (Å²) in [5.41, 5.74) is 2.48. The van der Waals surface area contributed by atoms with Crippen LogP contribution in [0.2, 0.25) is 5.28 Å². The van der Waals surface area contributed by atoms with E-state index in [1.54, 1.807) is 10.9 Å². The molecule has 0 aliphatic carbocycles. The van der Waals surface area contributed by atoms with Crippen molar-refractivity contribution in [1.29, 1.82) is 0 Å². The molecule has 0 fully saturated rings. The molecule has 0 bridgehead atoms. The lowest BCUT2D eigenvalue weighted by Crippen LogP contribution is -2.09. The number of aromatic nitrogens is 5. The fraction of sp³-hybridized carbons (Fsp3) is 0.438. The Morgan fingerprint density at radius 1 is 1.25 bits per heavy atom. The van der Waals surface area contributed by atoms with Gasteiger partial charge in [-0.05, 0) is 36.4 Å². The molecule has 3 heterocycles. The standard InChI is InChI=1S/C16H22ClN5OS/c1-21-10-12(9-18-21)14-13-5-6-22(15(13)20-16(17)19-14)11-23-7-8-24(2,3)4/h5-6,9-10H,7-8,11H2,1-4H3. The number of aryl methyl sites for hydroxylation is 1. The van der Waals surface area contributed by atoms with E-state index < -0.39 is 10.0 Å². The van der Waals surface area contributed by atoms with Crippen molar-refractivity contribution in [3.63, 3.8) is 0 Å². The molecule has 0 radical (unpaired) electrons. The average Bonchev–Trinajstić information content (AvgIpc) is 3.08. The maximum absolute atomic E-state index is 6.13. The molecular formula is C16H22ClN5OS. The fourth-order valence-corrected chi connectivity index (χ4v) is 3.16. The van der Waals surface area contributed by atoms with Gasteiger partial charge in [0.15, 0.2) is 0 Å². The van der Waals surface area contributed by atoms with Gasteiger partial charge in [0.05, 0.1) is 18.5 Å². The van der Waals surface area contributed by atoms with E-state index in [1.807, 2.05) is 30.1 Å². The molecule has 0 atom stereocenters. The Hall–Kier alpha value is -1.57. The highest BCUT2D eigenvalue weighted by atomic mass is 35.5. The molecule has 3 aromatic rings. The summed E-state index contributed by atoms with van der Waals surface area (Å²) in [6, 6.07) is 1.99. The summed E-state index contributed by atoms with van der Waals surface area (Å²) >= 11 is 6.13. The van der Waals surface area contributed by atoms with Crippen molar-refractivity contribution in [2.75, 3.05) is 31.1 Å². The van der Waals surface area contributed by atoms with E-state index in [0.717, 1.165) is 34.7 Å². The number of hydrogen-bond acceptors (Lipinski definition) is 4. The monoisotopic (exact) mass is 367 g/mol. The van der Waals surface area contributed by atoms with Crippen LogP contribution in [-0.2, 0) is 18.5 Å². The molecule has 0 unspecified atom stereocenters. The van der Waals surface area contributed by atoms with Crippen molar-refractivity contribution in [1.82, 2.24) is 24.3 Å². The van der Waals surface area contributed by atoms with E-state index in [1.165, 1.54) is 0 Å². The molecule has 0 spiro atoms. The third kappa shape index (κ3) is 3.91. The molecule has 24 heavy (non-hydrogen) atoms. The molecule has 130 valence electrons. The molecule has 3 aromatic heterocycles. The van der Waals surface area contributed by atoms with Gasteiger partial charge in [-0.3, -0.25) is 4.68 Å². The van der Waals surface area contributed by atoms with Crippen molar-refractivity contribution in [2.24, 2.45) is 7.05 Å². The second kappa shape index (κ2) is 6.74. The van der Waals surface area contributed by atoms with Gasteiger partial charge >= 0.3 is 0 Å². The summed E-state index contributed by atoms with van der Waals surface area (Å²) in [4.78, 5) is 8.75. The van der Waals surface area contributed by atoms with Gasteiger partial charge in [-0.1, -0.05) is 0 Å². The fourth-order valence-electron chi connectivity index (χ4n) is 2.38. The lowest BCUT2D eigenvalue weighted by molar-refractivity contribution is 0.0923. The molecular weight excluding hydrogens is 346 g/mol. The summed E-state index contributed by atoms with van der Waals surface area (Å²) in [6.45, 7) is 1.20. The van der Waals surface area contributed by atoms with Crippen LogP contribution >= 0.6 is 21.6 Å². The molecule has 0 aliphatic rings. The zero-order valence-electron chi connectivity index (χ0n) is 14.4. The zero-order chi connectivity index (χ0) is 17.3. The Balaban J connectivity index is 1.85. The third-order valence-corrected chi connectivity index (χ3v) is 5.20. The van der Waals surface area contributed by atoms with Crippen LogP contribution in [0.25, 0.3) is 22.3 Å². The normalized spacial score (nSPS) is 12.9. The first-order chi connectivity index (χ1) is 11.3. The maximum atomic E-state index is 6.13. The van der Waals surface area contributed by atoms with Crippen molar-refractivity contribution in [3.05, 3.63) is 29.9 Å². The smallest absolute Gasteiger partial charge is 0.224 e. The van der Waals surface area contributed by atoms with Gasteiger partial charge in [0.25, 0.3) is 0 Å². The van der Waals surface area contributed by atoms with E-state index >= 15 is 0 Å². The lowest BCUT2D eigenvalue weighted by Gasteiger charge is -2.24. The molecule has 0 aliphatic heterocycles. The Bertz CT molecular complexity index is 852. The minimum absolute atomic E-state index is 0.223. The molecule has 0 N–H and O–H groups in total. The van der Waals surface area contributed by atoms with Crippen LogP contribution < -0.4 is 0 Å². The first-order valence-electron chi connectivity index (χ1n) is 7.59. The van der Waals surface area contributed by atoms with Crippen LogP contribution in [0.3, 0.4) is 0 Å². The third-order valence-electron chi connectivity index (χ3n) is 3.64. The molecule has 0 saturated heterocycles. The van der Waals surface area contributed by atoms with Crippen LogP contribution in [0.5, 0.6) is 0 Å². The maximum Gasteiger partial charge on any atom is 0.224 e. The lowest BCUT2D eigenvalue weighted by atomic mass is 10.2. The molecule has 0 aromatic carbocycles. The topological polar surface area (TPSA) is 57.8 Å². The van der Waals surface area contributed by atoms with Gasteiger partial charge in [-0.2, -0.15) is 10.1 Å². The van der Waals surface area contributed by atoms with Crippen LogP contribution in [0.1, 0.15) is 0 Å². The second-order valence-corrected chi connectivity index (χ2v) is 11.5. The summed E-state index contributed by atoms with van der Waals surface area (Å²) < 4.78 is 9.52. The van der Waals surface area contributed by atoms with Gasteiger partial charge in [-0.25, -0.2) is 15.0 Å². The van der Waals surface area contributed by atoms with Gasteiger partial charge in [0.2, 0.25) is 5.28 Å². The quantitative estimate of drug-likeness (QED) is 0.496. The predicted octanol–water partition coefficient (Wildman–Crippen LogP) is 3.15. The summed E-state index contributed by atoms with van der Waals surface area (Å²) in [5.74, 6) is 1.09. The minimum atomic E-state index is -0.545. The summed E-state index contributed by atoms with van der Waals surface area (Å²) in [6.07, 6.45) is 12.5. The first kappa shape index (κ1) is 17.3. The Morgan fingerprint density at radius 2 is 2.04 bits per heavy atom. The molecule has 6 nitrogen and oxygen atoms in total. The van der Waals surface area contributed by atoms with Crippen molar-refractivity contribution < 1.29 is 4.74 Å². The van der Waals surface area contributed by atoms with Crippen LogP contribution in [0.4, 0.5) is 0 Å². The van der Waals surface area contributed by atoms with E-state index in [9.17, 15) is 0 Å². The highest BCUT2D eigenvalue weighted by Crippen LogP contribution is 2.33. The van der Waals surface area contributed by atoms with Gasteiger partial charge < -0.3 is 9.30 Å². The predicted molar refractivity (Wildman–Crippen MR) is 101 cm³/mol. The number of hydrogen-bond donors (Lipinski definition) is 0. The van der Waals surface area contributed by atoms with Gasteiger partial charge in [-0.15, -0.1) is 0 Å². The average molecular weight is 368 g/mol. The number of halogens is 1. The number of nitrogens with zero attached hydrogens (tertiary/aromatic N) is 5. The highest BCUT2D eigenvalue weighted by Gasteiger charge is 2.14. The Kier molecular flexibility index (Phi) is 4.85. The van der Waals surface area contributed by atoms with Crippen LogP contribution in [0, 0.1) is 0 Å². The van der Waals surface area contributed by atoms with E-state index in [4.69, 9.17) is 16.3 Å². The van der Waals surface area contributed by atoms with E-state index in [2.05, 4.69) is 33.8 Å². The minimum Gasteiger partial charge on any atom is -0.360 e. The first-order valence-corrected chi connectivity index (χ1v) is 11.0. The van der Waals surface area contributed by atoms with Gasteiger partial charge in [0.1, 0.15) is 12.4 Å². The second-order valence-electron chi connectivity index (χ2n) is 6.60. The molecule has 0 amide bonds. The SMILES string of the molecule is Cn1cc(-c2nc(Cl)nc3c2ccn3COCCS(C)(C)C)cn1. The summed E-state index contributed by atoms with van der Waals surface area (Å²) in [7, 11) is 1.33. The van der Waals surface area contributed by atoms with Crippen LogP contribution in [0.15, 0.2) is 24.7 Å². The summed E-state index contributed by atoms with van der Waals surface area (Å²) in [5, 5.41) is 5.37.